The van der Waals surface area contributed by atoms with Gasteiger partial charge in [0.2, 0.25) is 0 Å². The molecule has 0 saturated heterocycles. The van der Waals surface area contributed by atoms with Crippen molar-refractivity contribution in [3.63, 3.8) is 0 Å². The third-order valence-electron chi connectivity index (χ3n) is 5.39. The lowest BCUT2D eigenvalue weighted by molar-refractivity contribution is 0.394. The summed E-state index contributed by atoms with van der Waals surface area (Å²) in [4.78, 5) is 0. The van der Waals surface area contributed by atoms with Crippen LogP contribution in [0.4, 0.5) is 0 Å². The van der Waals surface area contributed by atoms with E-state index >= 15 is 0 Å². The molecule has 108 valence electrons. The zero-order chi connectivity index (χ0) is 14.2. The van der Waals surface area contributed by atoms with E-state index in [2.05, 4.69) is 66.9 Å². The van der Waals surface area contributed by atoms with Crippen LogP contribution in [0.2, 0.25) is 0 Å². The molecule has 0 heterocycles. The number of hydrogen-bond acceptors (Lipinski definition) is 1. The highest BCUT2D eigenvalue weighted by molar-refractivity contribution is 5.86. The van der Waals surface area contributed by atoms with Gasteiger partial charge in [-0.15, -0.1) is 0 Å². The Morgan fingerprint density at radius 1 is 1.05 bits per heavy atom. The summed E-state index contributed by atoms with van der Waals surface area (Å²) in [6.07, 6.45) is 7.66. The van der Waals surface area contributed by atoms with Gasteiger partial charge in [-0.25, -0.2) is 0 Å². The van der Waals surface area contributed by atoms with E-state index < -0.39 is 0 Å². The maximum Gasteiger partial charge on any atom is 0.0298 e. The van der Waals surface area contributed by atoms with Gasteiger partial charge in [0.1, 0.15) is 0 Å². The standard InChI is InChI=1S/C20H23N/c1-14(21-13-18-12-15-9-10-17(18)11-15)19-8-4-6-16-5-2-3-7-20(16)19/h2-10,14-15,17-18,21H,11-13H2,1H3. The highest BCUT2D eigenvalue weighted by atomic mass is 14.9. The number of benzene rings is 2. The molecule has 1 N–H and O–H groups in total. The zero-order valence-electron chi connectivity index (χ0n) is 12.6. The highest BCUT2D eigenvalue weighted by Crippen LogP contribution is 2.43. The Bertz CT molecular complexity index is 667. The Labute approximate surface area is 127 Å². The van der Waals surface area contributed by atoms with Crippen LogP contribution in [0.25, 0.3) is 10.8 Å². The summed E-state index contributed by atoms with van der Waals surface area (Å²) in [5.74, 6) is 2.55. The van der Waals surface area contributed by atoms with E-state index in [-0.39, 0.29) is 0 Å². The van der Waals surface area contributed by atoms with E-state index in [1.54, 1.807) is 0 Å². The molecule has 1 nitrogen and oxygen atoms in total. The van der Waals surface area contributed by atoms with Crippen LogP contribution in [0.5, 0.6) is 0 Å². The maximum atomic E-state index is 3.78. The Kier molecular flexibility index (Phi) is 3.31. The quantitative estimate of drug-likeness (QED) is 0.799. The summed E-state index contributed by atoms with van der Waals surface area (Å²) in [6.45, 7) is 3.45. The van der Waals surface area contributed by atoms with Gasteiger partial charge in [-0.2, -0.15) is 0 Å². The molecule has 0 radical (unpaired) electrons. The van der Waals surface area contributed by atoms with Gasteiger partial charge in [-0.1, -0.05) is 54.6 Å². The fourth-order valence-corrected chi connectivity index (χ4v) is 4.20. The minimum absolute atomic E-state index is 0.416. The van der Waals surface area contributed by atoms with E-state index in [0.717, 1.165) is 24.3 Å². The Balaban J connectivity index is 1.49. The van der Waals surface area contributed by atoms with Crippen molar-refractivity contribution in [2.24, 2.45) is 17.8 Å². The Hall–Kier alpha value is -1.60. The third kappa shape index (κ3) is 2.40. The second kappa shape index (κ2) is 5.31. The average molecular weight is 277 g/mol. The molecule has 4 rings (SSSR count). The second-order valence-corrected chi connectivity index (χ2v) is 6.74. The van der Waals surface area contributed by atoms with Crippen molar-refractivity contribution in [2.45, 2.75) is 25.8 Å². The largest absolute Gasteiger partial charge is 0.310 e. The van der Waals surface area contributed by atoms with Crippen molar-refractivity contribution in [3.05, 3.63) is 60.2 Å². The van der Waals surface area contributed by atoms with Crippen molar-refractivity contribution in [3.8, 4) is 0 Å². The molecular formula is C20H23N. The molecule has 2 aromatic carbocycles. The lowest BCUT2D eigenvalue weighted by Gasteiger charge is -2.23. The molecule has 2 aliphatic carbocycles. The zero-order valence-corrected chi connectivity index (χ0v) is 12.6. The predicted octanol–water partition coefficient (Wildman–Crippen LogP) is 4.70. The van der Waals surface area contributed by atoms with Gasteiger partial charge in [0.15, 0.2) is 0 Å². The highest BCUT2D eigenvalue weighted by Gasteiger charge is 2.35. The lowest BCUT2D eigenvalue weighted by atomic mass is 9.92. The van der Waals surface area contributed by atoms with Crippen molar-refractivity contribution in [1.29, 1.82) is 0 Å². The number of allylic oxidation sites excluding steroid dienone is 2. The molecular weight excluding hydrogens is 254 g/mol. The molecule has 4 unspecified atom stereocenters. The molecule has 4 atom stereocenters. The molecule has 1 saturated carbocycles. The van der Waals surface area contributed by atoms with Gasteiger partial charge in [-0.3, -0.25) is 0 Å². The molecule has 0 aliphatic heterocycles. The molecule has 2 bridgehead atoms. The number of hydrogen-bond donors (Lipinski definition) is 1. The summed E-state index contributed by atoms with van der Waals surface area (Å²) < 4.78 is 0. The smallest absolute Gasteiger partial charge is 0.0298 e. The van der Waals surface area contributed by atoms with Crippen molar-refractivity contribution < 1.29 is 0 Å². The predicted molar refractivity (Wildman–Crippen MR) is 89.2 cm³/mol. The first kappa shape index (κ1) is 13.1. The molecule has 0 amide bonds. The molecule has 0 aromatic heterocycles. The molecule has 1 heteroatoms. The van der Waals surface area contributed by atoms with E-state index in [1.165, 1.54) is 29.2 Å². The van der Waals surface area contributed by atoms with Crippen LogP contribution < -0.4 is 5.32 Å². The van der Waals surface area contributed by atoms with Gasteiger partial charge in [0.05, 0.1) is 0 Å². The van der Waals surface area contributed by atoms with Gasteiger partial charge >= 0.3 is 0 Å². The first-order valence-electron chi connectivity index (χ1n) is 8.20. The minimum atomic E-state index is 0.416. The average Bonchev–Trinajstić information content (AvgIpc) is 3.15. The minimum Gasteiger partial charge on any atom is -0.310 e. The second-order valence-electron chi connectivity index (χ2n) is 6.74. The normalized spacial score (nSPS) is 28.3. The van der Waals surface area contributed by atoms with Gasteiger partial charge in [0, 0.05) is 6.04 Å². The topological polar surface area (TPSA) is 12.0 Å². The third-order valence-corrected chi connectivity index (χ3v) is 5.39. The number of fused-ring (bicyclic) bond motifs is 3. The van der Waals surface area contributed by atoms with E-state index in [0.29, 0.717) is 6.04 Å². The number of nitrogens with one attached hydrogen (secondary N) is 1. The van der Waals surface area contributed by atoms with Crippen LogP contribution >= 0.6 is 0 Å². The van der Waals surface area contributed by atoms with Crippen LogP contribution in [-0.2, 0) is 0 Å². The molecule has 21 heavy (non-hydrogen) atoms. The summed E-state index contributed by atoms with van der Waals surface area (Å²) in [7, 11) is 0. The maximum absolute atomic E-state index is 3.78. The molecule has 0 spiro atoms. The Morgan fingerprint density at radius 3 is 2.71 bits per heavy atom. The van der Waals surface area contributed by atoms with Crippen LogP contribution in [0, 0.1) is 17.8 Å². The van der Waals surface area contributed by atoms with Crippen LogP contribution in [0.15, 0.2) is 54.6 Å². The van der Waals surface area contributed by atoms with Crippen molar-refractivity contribution >= 4 is 10.8 Å². The first-order chi connectivity index (χ1) is 10.3. The SMILES string of the molecule is CC(NCC1CC2C=CC1C2)c1cccc2ccccc12. The summed E-state index contributed by atoms with van der Waals surface area (Å²) in [6, 6.07) is 15.8. The van der Waals surface area contributed by atoms with E-state index in [9.17, 15) is 0 Å². The molecule has 2 aliphatic rings. The van der Waals surface area contributed by atoms with Crippen LogP contribution in [-0.4, -0.2) is 6.54 Å². The van der Waals surface area contributed by atoms with Crippen LogP contribution in [0.3, 0.4) is 0 Å². The van der Waals surface area contributed by atoms with Crippen molar-refractivity contribution in [2.75, 3.05) is 6.54 Å². The van der Waals surface area contributed by atoms with Gasteiger partial charge in [-0.05, 0) is 60.4 Å². The monoisotopic (exact) mass is 277 g/mol. The first-order valence-corrected chi connectivity index (χ1v) is 8.20. The van der Waals surface area contributed by atoms with Crippen LogP contribution in [0.1, 0.15) is 31.4 Å². The lowest BCUT2D eigenvalue weighted by Crippen LogP contribution is -2.28. The van der Waals surface area contributed by atoms with E-state index in [1.807, 2.05) is 0 Å². The fraction of sp³-hybridized carbons (Fsp3) is 0.400. The summed E-state index contributed by atoms with van der Waals surface area (Å²) in [5.41, 5.74) is 1.42. The van der Waals surface area contributed by atoms with E-state index in [4.69, 9.17) is 0 Å². The van der Waals surface area contributed by atoms with Crippen molar-refractivity contribution in [1.82, 2.24) is 5.32 Å². The summed E-state index contributed by atoms with van der Waals surface area (Å²) in [5, 5.41) is 6.51. The Morgan fingerprint density at radius 2 is 1.90 bits per heavy atom. The number of rotatable bonds is 4. The molecule has 1 fully saturated rings. The summed E-state index contributed by atoms with van der Waals surface area (Å²) >= 11 is 0. The fourth-order valence-electron chi connectivity index (χ4n) is 4.20. The molecule has 2 aromatic rings. The van der Waals surface area contributed by atoms with Gasteiger partial charge < -0.3 is 5.32 Å². The van der Waals surface area contributed by atoms with Gasteiger partial charge in [0.25, 0.3) is 0 Å².